The van der Waals surface area contributed by atoms with Gasteiger partial charge in [-0.3, -0.25) is 9.59 Å². The zero-order valence-electron chi connectivity index (χ0n) is 21.0. The highest BCUT2D eigenvalue weighted by Gasteiger charge is 2.35. The van der Waals surface area contributed by atoms with Crippen molar-refractivity contribution >= 4 is 17.5 Å². The molecule has 1 unspecified atom stereocenters. The lowest BCUT2D eigenvalue weighted by atomic mass is 9.96. The van der Waals surface area contributed by atoms with Crippen LogP contribution in [0.2, 0.25) is 0 Å². The molecule has 4 rings (SSSR count). The third-order valence-electron chi connectivity index (χ3n) is 6.48. The molecule has 2 heterocycles. The van der Waals surface area contributed by atoms with E-state index in [-0.39, 0.29) is 37.1 Å². The highest BCUT2D eigenvalue weighted by Crippen LogP contribution is 2.39. The summed E-state index contributed by atoms with van der Waals surface area (Å²) in [5.41, 5.74) is 5.10. The van der Waals surface area contributed by atoms with E-state index < -0.39 is 0 Å². The molecule has 0 bridgehead atoms. The lowest BCUT2D eigenvalue weighted by molar-refractivity contribution is -0.143. The first-order chi connectivity index (χ1) is 16.8. The van der Waals surface area contributed by atoms with Gasteiger partial charge < -0.3 is 19.1 Å². The van der Waals surface area contributed by atoms with Crippen molar-refractivity contribution in [2.75, 3.05) is 33.6 Å². The van der Waals surface area contributed by atoms with Crippen LogP contribution in [0, 0.1) is 19.8 Å². The summed E-state index contributed by atoms with van der Waals surface area (Å²) in [4.78, 5) is 27.9. The van der Waals surface area contributed by atoms with Gasteiger partial charge in [-0.05, 0) is 54.3 Å². The number of rotatable bonds is 8. The van der Waals surface area contributed by atoms with E-state index in [2.05, 4.69) is 26.0 Å². The van der Waals surface area contributed by atoms with Crippen LogP contribution in [0.4, 0.5) is 0 Å². The van der Waals surface area contributed by atoms with Gasteiger partial charge in [0.15, 0.2) is 11.5 Å². The highest BCUT2D eigenvalue weighted by molar-refractivity contribution is 6.03. The number of carbonyl (C=O) groups is 2. The van der Waals surface area contributed by atoms with Crippen molar-refractivity contribution in [2.24, 2.45) is 11.0 Å². The number of nitrogens with zero attached hydrogens (tertiary/aromatic N) is 3. The fraction of sp³-hybridized carbons (Fsp3) is 0.444. The van der Waals surface area contributed by atoms with Gasteiger partial charge in [-0.25, -0.2) is 5.01 Å². The third kappa shape index (κ3) is 5.32. The summed E-state index contributed by atoms with van der Waals surface area (Å²) in [5, 5.41) is 6.30. The predicted molar refractivity (Wildman–Crippen MR) is 133 cm³/mol. The first-order valence-electron chi connectivity index (χ1n) is 11.9. The lowest BCUT2D eigenvalue weighted by Crippen LogP contribution is -2.44. The number of carbonyl (C=O) groups excluding carboxylic acids is 2. The Morgan fingerprint density at radius 2 is 1.89 bits per heavy atom. The zero-order valence-corrected chi connectivity index (χ0v) is 21.0. The largest absolute Gasteiger partial charge is 0.454 e. The van der Waals surface area contributed by atoms with E-state index in [0.717, 1.165) is 16.8 Å². The fourth-order valence-electron chi connectivity index (χ4n) is 4.29. The molecule has 0 fully saturated rings. The van der Waals surface area contributed by atoms with E-state index in [4.69, 9.17) is 19.3 Å². The number of aryl methyl sites for hydroxylation is 2. The molecule has 8 heteroatoms. The van der Waals surface area contributed by atoms with Crippen LogP contribution in [0.25, 0.3) is 0 Å². The molecule has 8 nitrogen and oxygen atoms in total. The van der Waals surface area contributed by atoms with Gasteiger partial charge in [0.2, 0.25) is 12.7 Å². The predicted octanol–water partition coefficient (Wildman–Crippen LogP) is 3.84. The monoisotopic (exact) mass is 479 g/mol. The molecule has 0 aliphatic carbocycles. The minimum atomic E-state index is -0.313. The summed E-state index contributed by atoms with van der Waals surface area (Å²) < 4.78 is 16.2. The van der Waals surface area contributed by atoms with E-state index in [1.807, 2.05) is 38.1 Å². The number of amides is 2. The van der Waals surface area contributed by atoms with Crippen LogP contribution in [0.3, 0.4) is 0 Å². The van der Waals surface area contributed by atoms with Gasteiger partial charge in [0.25, 0.3) is 5.91 Å². The zero-order chi connectivity index (χ0) is 25.1. The smallest absolute Gasteiger partial charge is 0.262 e. The number of benzene rings is 2. The molecular formula is C27H33N3O5. The highest BCUT2D eigenvalue weighted by atomic mass is 16.7. The Morgan fingerprint density at radius 3 is 2.60 bits per heavy atom. The van der Waals surface area contributed by atoms with Crippen LogP contribution in [0.1, 0.15) is 48.6 Å². The van der Waals surface area contributed by atoms with E-state index in [9.17, 15) is 9.59 Å². The summed E-state index contributed by atoms with van der Waals surface area (Å²) in [6, 6.07) is 11.6. The average molecular weight is 480 g/mol. The number of hydrogen-bond donors (Lipinski definition) is 0. The fourth-order valence-corrected chi connectivity index (χ4v) is 4.29. The second kappa shape index (κ2) is 10.5. The van der Waals surface area contributed by atoms with E-state index in [0.29, 0.717) is 31.1 Å². The Morgan fingerprint density at radius 1 is 1.11 bits per heavy atom. The molecule has 2 aliphatic rings. The minimum Gasteiger partial charge on any atom is -0.454 e. The van der Waals surface area contributed by atoms with E-state index in [1.165, 1.54) is 16.1 Å². The second-order valence-electron chi connectivity index (χ2n) is 9.32. The normalized spacial score (nSPS) is 16.6. The van der Waals surface area contributed by atoms with Crippen LogP contribution in [0.5, 0.6) is 11.5 Å². The van der Waals surface area contributed by atoms with Crippen molar-refractivity contribution in [3.05, 3.63) is 58.7 Å². The van der Waals surface area contributed by atoms with Crippen molar-refractivity contribution < 1.29 is 23.8 Å². The van der Waals surface area contributed by atoms with Crippen molar-refractivity contribution in [1.82, 2.24) is 9.91 Å². The molecule has 35 heavy (non-hydrogen) atoms. The van der Waals surface area contributed by atoms with Gasteiger partial charge in [-0.15, -0.1) is 0 Å². The van der Waals surface area contributed by atoms with E-state index >= 15 is 0 Å². The van der Waals surface area contributed by atoms with Crippen molar-refractivity contribution in [3.8, 4) is 11.5 Å². The molecule has 2 aliphatic heterocycles. The maximum absolute atomic E-state index is 13.6. The van der Waals surface area contributed by atoms with Gasteiger partial charge in [0, 0.05) is 26.0 Å². The number of hydrazone groups is 1. The molecule has 186 valence electrons. The summed E-state index contributed by atoms with van der Waals surface area (Å²) >= 11 is 0. The van der Waals surface area contributed by atoms with Gasteiger partial charge >= 0.3 is 0 Å². The maximum Gasteiger partial charge on any atom is 0.262 e. The number of fused-ring (bicyclic) bond motifs is 1. The van der Waals surface area contributed by atoms with Crippen molar-refractivity contribution in [3.63, 3.8) is 0 Å². The van der Waals surface area contributed by atoms with E-state index in [1.54, 1.807) is 12.0 Å². The van der Waals surface area contributed by atoms with Crippen molar-refractivity contribution in [2.45, 2.75) is 40.2 Å². The molecule has 0 aromatic heterocycles. The molecule has 0 saturated heterocycles. The maximum atomic E-state index is 13.6. The van der Waals surface area contributed by atoms with Gasteiger partial charge in [-0.2, -0.15) is 5.10 Å². The summed E-state index contributed by atoms with van der Waals surface area (Å²) in [6.45, 7) is 8.61. The number of ether oxygens (including phenoxy) is 3. The lowest BCUT2D eigenvalue weighted by Gasteiger charge is -2.28. The van der Waals surface area contributed by atoms with Crippen LogP contribution >= 0.6 is 0 Å². The summed E-state index contributed by atoms with van der Waals surface area (Å²) in [7, 11) is 1.58. The Kier molecular flexibility index (Phi) is 7.40. The van der Waals surface area contributed by atoms with Crippen LogP contribution in [-0.2, 0) is 14.3 Å². The first kappa shape index (κ1) is 24.7. The molecular weight excluding hydrogens is 446 g/mol. The Balaban J connectivity index is 1.65. The quantitative estimate of drug-likeness (QED) is 0.575. The SMILES string of the molecule is COCCN(CC(=O)N1N=C(c2ccc(C)c(C)c2)CC1c1ccc2c(c1)OCO2)C(=O)C(C)C. The van der Waals surface area contributed by atoms with Gasteiger partial charge in [-0.1, -0.05) is 32.0 Å². The third-order valence-corrected chi connectivity index (χ3v) is 6.48. The number of hydrogen-bond acceptors (Lipinski definition) is 6. The molecule has 0 saturated carbocycles. The molecule has 2 amide bonds. The van der Waals surface area contributed by atoms with Crippen LogP contribution in [0.15, 0.2) is 41.5 Å². The molecule has 0 radical (unpaired) electrons. The molecule has 0 N–H and O–H groups in total. The second-order valence-corrected chi connectivity index (χ2v) is 9.32. The molecule has 0 spiro atoms. The Bertz CT molecular complexity index is 1140. The average Bonchev–Trinajstić information content (AvgIpc) is 3.49. The van der Waals surface area contributed by atoms with Gasteiger partial charge in [0.1, 0.15) is 6.54 Å². The molecule has 2 aromatic carbocycles. The summed E-state index contributed by atoms with van der Waals surface area (Å²) in [5.74, 6) is 0.793. The van der Waals surface area contributed by atoms with Crippen LogP contribution < -0.4 is 9.47 Å². The van der Waals surface area contributed by atoms with Gasteiger partial charge in [0.05, 0.1) is 18.4 Å². The minimum absolute atomic E-state index is 0.0644. The summed E-state index contributed by atoms with van der Waals surface area (Å²) in [6.07, 6.45) is 0.560. The molecule has 1 atom stereocenters. The van der Waals surface area contributed by atoms with Crippen LogP contribution in [-0.4, -0.2) is 61.0 Å². The first-order valence-corrected chi connectivity index (χ1v) is 11.9. The topological polar surface area (TPSA) is 80.7 Å². The molecule has 2 aromatic rings. The Hall–Kier alpha value is -3.39. The number of methoxy groups -OCH3 is 1. The standard InChI is InChI=1S/C27H33N3O5/c1-17(2)27(32)29(10-11-33-5)15-26(31)30-23(21-8-9-24-25(13-21)35-16-34-24)14-22(28-30)20-7-6-18(3)19(4)12-20/h6-9,12-13,17,23H,10-11,14-16H2,1-5H3. The Labute approximate surface area is 206 Å². The van der Waals surface area contributed by atoms with Crippen molar-refractivity contribution in [1.29, 1.82) is 0 Å².